The van der Waals surface area contributed by atoms with Crippen molar-refractivity contribution >= 4 is 28.3 Å². The Balaban J connectivity index is 1.41. The van der Waals surface area contributed by atoms with Gasteiger partial charge in [0, 0.05) is 11.6 Å². The van der Waals surface area contributed by atoms with Crippen LogP contribution in [0.1, 0.15) is 10.5 Å². The Morgan fingerprint density at radius 1 is 0.833 bits per heavy atom. The van der Waals surface area contributed by atoms with Gasteiger partial charge in [0.25, 0.3) is 5.91 Å². The minimum Gasteiger partial charge on any atom is -0.455 e. The molecule has 4 rings (SSSR count). The van der Waals surface area contributed by atoms with Crippen molar-refractivity contribution in [3.8, 4) is 11.5 Å². The number of nitrogens with zero attached hydrogens (tertiary/aromatic N) is 1. The first-order chi connectivity index (χ1) is 14.7. The normalized spacial score (nSPS) is 10.4. The molecule has 0 bridgehead atoms. The van der Waals surface area contributed by atoms with Crippen molar-refractivity contribution in [2.75, 3.05) is 11.9 Å². The lowest BCUT2D eigenvalue weighted by atomic mass is 10.1. The number of aromatic nitrogens is 1. The molecule has 0 saturated heterocycles. The maximum atomic E-state index is 12.5. The van der Waals surface area contributed by atoms with Gasteiger partial charge in [-0.3, -0.25) is 14.6 Å². The standard InChI is InChI=1S/C24H19N3O3/c28-22(16-26-24(29)23-19-11-5-4-8-17(19)14-15-25-23)27-20-12-6-7-13-21(20)30-18-9-2-1-3-10-18/h1-15H,16H2,(H,26,29)(H,27,28). The van der Waals surface area contributed by atoms with Crippen LogP contribution in [0.3, 0.4) is 0 Å². The first kappa shape index (κ1) is 19.1. The summed E-state index contributed by atoms with van der Waals surface area (Å²) in [6.45, 7) is -0.191. The molecule has 0 atom stereocenters. The van der Waals surface area contributed by atoms with Gasteiger partial charge in [0.2, 0.25) is 5.91 Å². The van der Waals surface area contributed by atoms with E-state index in [1.165, 1.54) is 0 Å². The molecule has 3 aromatic carbocycles. The molecule has 1 aromatic heterocycles. The average molecular weight is 397 g/mol. The van der Waals surface area contributed by atoms with Crippen LogP contribution in [0.2, 0.25) is 0 Å². The van der Waals surface area contributed by atoms with Gasteiger partial charge in [0.05, 0.1) is 12.2 Å². The number of rotatable bonds is 6. The third kappa shape index (κ3) is 4.44. The molecule has 0 aliphatic rings. The zero-order chi connectivity index (χ0) is 20.8. The van der Waals surface area contributed by atoms with Crippen LogP contribution < -0.4 is 15.4 Å². The Kier molecular flexibility index (Phi) is 5.66. The Labute approximate surface area is 173 Å². The third-order valence-corrected chi connectivity index (χ3v) is 4.43. The van der Waals surface area contributed by atoms with Crippen LogP contribution in [0, 0.1) is 0 Å². The van der Waals surface area contributed by atoms with Gasteiger partial charge in [-0.05, 0) is 35.7 Å². The summed E-state index contributed by atoms with van der Waals surface area (Å²) in [7, 11) is 0. The summed E-state index contributed by atoms with van der Waals surface area (Å²) in [4.78, 5) is 29.1. The molecule has 0 saturated carbocycles. The van der Waals surface area contributed by atoms with Gasteiger partial charge in [-0.1, -0.05) is 54.6 Å². The molecular formula is C24H19N3O3. The Bertz CT molecular complexity index is 1190. The van der Waals surface area contributed by atoms with Gasteiger partial charge in [-0.2, -0.15) is 0 Å². The number of anilines is 1. The molecule has 0 aliphatic heterocycles. The molecular weight excluding hydrogens is 378 g/mol. The van der Waals surface area contributed by atoms with Gasteiger partial charge in [-0.15, -0.1) is 0 Å². The van der Waals surface area contributed by atoms with Gasteiger partial charge in [0.15, 0.2) is 5.75 Å². The van der Waals surface area contributed by atoms with Crippen LogP contribution in [-0.2, 0) is 4.79 Å². The number of hydrogen-bond acceptors (Lipinski definition) is 4. The smallest absolute Gasteiger partial charge is 0.270 e. The number of nitrogens with one attached hydrogen (secondary N) is 2. The fourth-order valence-electron chi connectivity index (χ4n) is 3.01. The van der Waals surface area contributed by atoms with Crippen molar-refractivity contribution in [1.82, 2.24) is 10.3 Å². The lowest BCUT2D eigenvalue weighted by Gasteiger charge is -2.12. The van der Waals surface area contributed by atoms with Crippen LogP contribution in [0.4, 0.5) is 5.69 Å². The van der Waals surface area contributed by atoms with E-state index >= 15 is 0 Å². The zero-order valence-corrected chi connectivity index (χ0v) is 16.0. The first-order valence-corrected chi connectivity index (χ1v) is 9.44. The summed E-state index contributed by atoms with van der Waals surface area (Å²) in [6.07, 6.45) is 1.58. The highest BCUT2D eigenvalue weighted by atomic mass is 16.5. The predicted molar refractivity (Wildman–Crippen MR) is 116 cm³/mol. The highest BCUT2D eigenvalue weighted by molar-refractivity contribution is 6.06. The second-order valence-electron chi connectivity index (χ2n) is 6.52. The van der Waals surface area contributed by atoms with Crippen molar-refractivity contribution in [3.05, 3.63) is 96.8 Å². The summed E-state index contributed by atoms with van der Waals surface area (Å²) in [5, 5.41) is 7.05. The van der Waals surface area contributed by atoms with E-state index in [9.17, 15) is 9.59 Å². The van der Waals surface area contributed by atoms with Crippen LogP contribution in [-0.4, -0.2) is 23.3 Å². The third-order valence-electron chi connectivity index (χ3n) is 4.43. The molecule has 30 heavy (non-hydrogen) atoms. The van der Waals surface area contributed by atoms with E-state index in [2.05, 4.69) is 15.6 Å². The fourth-order valence-corrected chi connectivity index (χ4v) is 3.01. The molecule has 0 radical (unpaired) electrons. The Hall–Kier alpha value is -4.19. The number of para-hydroxylation sites is 3. The van der Waals surface area contributed by atoms with E-state index < -0.39 is 5.91 Å². The highest BCUT2D eigenvalue weighted by Crippen LogP contribution is 2.29. The van der Waals surface area contributed by atoms with Crippen LogP contribution >= 0.6 is 0 Å². The van der Waals surface area contributed by atoms with Gasteiger partial charge >= 0.3 is 0 Å². The van der Waals surface area contributed by atoms with Crippen molar-refractivity contribution in [2.24, 2.45) is 0 Å². The summed E-state index contributed by atoms with van der Waals surface area (Å²) in [5.74, 6) is 0.400. The number of hydrogen-bond donors (Lipinski definition) is 2. The molecule has 6 nitrogen and oxygen atoms in total. The van der Waals surface area contributed by atoms with Crippen LogP contribution in [0.15, 0.2) is 91.1 Å². The lowest BCUT2D eigenvalue weighted by Crippen LogP contribution is -2.33. The van der Waals surface area contributed by atoms with Gasteiger partial charge in [0.1, 0.15) is 11.4 Å². The van der Waals surface area contributed by atoms with Crippen molar-refractivity contribution in [3.63, 3.8) is 0 Å². The molecule has 0 aliphatic carbocycles. The van der Waals surface area contributed by atoms with Gasteiger partial charge < -0.3 is 15.4 Å². The van der Waals surface area contributed by atoms with Crippen molar-refractivity contribution < 1.29 is 14.3 Å². The van der Waals surface area contributed by atoms with Crippen molar-refractivity contribution in [2.45, 2.75) is 0 Å². The Morgan fingerprint density at radius 3 is 2.43 bits per heavy atom. The number of fused-ring (bicyclic) bond motifs is 1. The SMILES string of the molecule is O=C(CNC(=O)c1nccc2ccccc12)Nc1ccccc1Oc1ccccc1. The van der Waals surface area contributed by atoms with E-state index in [0.717, 1.165) is 10.8 Å². The molecule has 1 heterocycles. The fraction of sp³-hybridized carbons (Fsp3) is 0.0417. The maximum absolute atomic E-state index is 12.5. The summed E-state index contributed by atoms with van der Waals surface area (Å²) < 4.78 is 5.84. The number of ether oxygens (including phenoxy) is 1. The first-order valence-electron chi connectivity index (χ1n) is 9.44. The molecule has 2 N–H and O–H groups in total. The summed E-state index contributed by atoms with van der Waals surface area (Å²) in [6, 6.07) is 25.7. The van der Waals surface area contributed by atoms with E-state index in [0.29, 0.717) is 17.2 Å². The van der Waals surface area contributed by atoms with Crippen LogP contribution in [0.5, 0.6) is 11.5 Å². The second kappa shape index (κ2) is 8.87. The second-order valence-corrected chi connectivity index (χ2v) is 6.52. The zero-order valence-electron chi connectivity index (χ0n) is 16.0. The minimum atomic E-state index is -0.407. The van der Waals surface area contributed by atoms with Crippen LogP contribution in [0.25, 0.3) is 10.8 Å². The van der Waals surface area contributed by atoms with Crippen molar-refractivity contribution in [1.29, 1.82) is 0 Å². The largest absolute Gasteiger partial charge is 0.455 e. The quantitative estimate of drug-likeness (QED) is 0.505. The van der Waals surface area contributed by atoms with E-state index in [1.54, 1.807) is 24.4 Å². The molecule has 2 amide bonds. The molecule has 0 fully saturated rings. The molecule has 6 heteroatoms. The molecule has 0 spiro atoms. The monoisotopic (exact) mass is 397 g/mol. The number of pyridine rings is 1. The molecule has 0 unspecified atom stereocenters. The number of carbonyl (C=O) groups excluding carboxylic acids is 2. The summed E-state index contributed by atoms with van der Waals surface area (Å²) in [5.41, 5.74) is 0.803. The molecule has 4 aromatic rings. The van der Waals surface area contributed by atoms with E-state index in [-0.39, 0.29) is 18.1 Å². The van der Waals surface area contributed by atoms with E-state index in [4.69, 9.17) is 4.74 Å². The predicted octanol–water partition coefficient (Wildman–Crippen LogP) is 4.40. The maximum Gasteiger partial charge on any atom is 0.270 e. The average Bonchev–Trinajstić information content (AvgIpc) is 2.79. The summed E-state index contributed by atoms with van der Waals surface area (Å²) >= 11 is 0. The molecule has 148 valence electrons. The highest BCUT2D eigenvalue weighted by Gasteiger charge is 2.14. The lowest BCUT2D eigenvalue weighted by molar-refractivity contribution is -0.115. The Morgan fingerprint density at radius 2 is 1.57 bits per heavy atom. The number of carbonyl (C=O) groups is 2. The van der Waals surface area contributed by atoms with Gasteiger partial charge in [-0.25, -0.2) is 0 Å². The number of benzene rings is 3. The van der Waals surface area contributed by atoms with E-state index in [1.807, 2.05) is 66.7 Å². The minimum absolute atomic E-state index is 0.191. The topological polar surface area (TPSA) is 80.3 Å². The number of amides is 2.